The van der Waals surface area contributed by atoms with E-state index >= 15 is 0 Å². The molecule has 0 spiro atoms. The minimum Gasteiger partial charge on any atom is -0.426 e. The van der Waals surface area contributed by atoms with Crippen LogP contribution in [0.25, 0.3) is 0 Å². The molecule has 5 atom stereocenters. The smallest absolute Gasteiger partial charge is 0.409 e. The first kappa shape index (κ1) is 39.8. The van der Waals surface area contributed by atoms with Gasteiger partial charge < -0.3 is 31.1 Å². The molecule has 1 rings (SSSR count). The predicted molar refractivity (Wildman–Crippen MR) is 171 cm³/mol. The van der Waals surface area contributed by atoms with Crippen molar-refractivity contribution in [1.29, 1.82) is 0 Å². The highest BCUT2D eigenvalue weighted by Crippen LogP contribution is 2.17. The third kappa shape index (κ3) is 15.1. The van der Waals surface area contributed by atoms with Gasteiger partial charge in [0.25, 0.3) is 0 Å². The Bertz CT molecular complexity index is 1250. The summed E-state index contributed by atoms with van der Waals surface area (Å²) in [5, 5.41) is 25.9. The number of alkyl carbamates (subject to hydrolysis) is 1. The molecule has 0 aromatic carbocycles. The van der Waals surface area contributed by atoms with Gasteiger partial charge in [0.2, 0.25) is 17.7 Å². The molecular formula is C30H54N6O8S. The molecule has 0 saturated carbocycles. The van der Waals surface area contributed by atoms with Crippen molar-refractivity contribution in [2.24, 2.45) is 23.7 Å². The van der Waals surface area contributed by atoms with Crippen molar-refractivity contribution in [3.8, 4) is 0 Å². The maximum atomic E-state index is 13.3. The number of nitrogens with one attached hydrogen (secondary N) is 4. The van der Waals surface area contributed by atoms with E-state index in [9.17, 15) is 32.7 Å². The number of rotatable bonds is 18. The zero-order valence-electron chi connectivity index (χ0n) is 28.3. The Kier molecular flexibility index (Phi) is 16.0. The standard InChI is InChI=1S/C30H54N6O8S/c1-17(2)11-23(25(37)12-20(7)27(38)34-26(19(5)6)29(40)31-14-18(3)4)32-28(39)24(15-45(10,42)43)33-30(41)44-16-36-22(9)13-21(8)35-36/h13,17-20,23-26,37H,11-12,14-16H2,1-10H3,(H,31,40)(H,32,39)(H,33,41)(H,34,38)/t20-,23-,24+,25?,26-/m1/s1. The van der Waals surface area contributed by atoms with Crippen LogP contribution in [0.1, 0.15) is 72.7 Å². The molecule has 1 unspecified atom stereocenters. The number of aryl methyl sites for hydroxylation is 2. The average Bonchev–Trinajstić information content (AvgIpc) is 3.23. The highest BCUT2D eigenvalue weighted by atomic mass is 32.2. The Morgan fingerprint density at radius 2 is 1.53 bits per heavy atom. The number of nitrogens with zero attached hydrogens (tertiary/aromatic N) is 2. The number of aromatic nitrogens is 2. The van der Waals surface area contributed by atoms with Crippen molar-refractivity contribution in [3.63, 3.8) is 0 Å². The highest BCUT2D eigenvalue weighted by Gasteiger charge is 2.33. The molecule has 15 heteroatoms. The number of hydrogen-bond donors (Lipinski definition) is 5. The summed E-state index contributed by atoms with van der Waals surface area (Å²) in [6.45, 7) is 16.7. The maximum absolute atomic E-state index is 13.3. The number of hydrogen-bond acceptors (Lipinski definition) is 9. The number of carbonyl (C=O) groups is 4. The Hall–Kier alpha value is -3.20. The predicted octanol–water partition coefficient (Wildman–Crippen LogP) is 1.43. The Balaban J connectivity index is 2.98. The fraction of sp³-hybridized carbons (Fsp3) is 0.767. The Morgan fingerprint density at radius 1 is 0.911 bits per heavy atom. The highest BCUT2D eigenvalue weighted by molar-refractivity contribution is 7.90. The van der Waals surface area contributed by atoms with Crippen molar-refractivity contribution in [1.82, 2.24) is 31.0 Å². The molecule has 45 heavy (non-hydrogen) atoms. The van der Waals surface area contributed by atoms with Crippen LogP contribution in [-0.4, -0.2) is 89.9 Å². The molecule has 258 valence electrons. The van der Waals surface area contributed by atoms with Crippen LogP contribution in [0.4, 0.5) is 4.79 Å². The van der Waals surface area contributed by atoms with Gasteiger partial charge in [0.15, 0.2) is 6.73 Å². The number of sulfone groups is 1. The molecule has 0 fully saturated rings. The third-order valence-corrected chi connectivity index (χ3v) is 7.93. The molecule has 4 amide bonds. The van der Waals surface area contributed by atoms with E-state index in [0.29, 0.717) is 13.0 Å². The normalized spacial score (nSPS) is 15.2. The largest absolute Gasteiger partial charge is 0.426 e. The van der Waals surface area contributed by atoms with E-state index in [1.807, 2.05) is 41.5 Å². The lowest BCUT2D eigenvalue weighted by Crippen LogP contribution is -2.55. The summed E-state index contributed by atoms with van der Waals surface area (Å²) in [4.78, 5) is 51.6. The van der Waals surface area contributed by atoms with Gasteiger partial charge in [-0.15, -0.1) is 0 Å². The first-order valence-electron chi connectivity index (χ1n) is 15.4. The minimum atomic E-state index is -3.73. The van der Waals surface area contributed by atoms with Crippen LogP contribution >= 0.6 is 0 Å². The second-order valence-corrected chi connectivity index (χ2v) is 15.3. The van der Waals surface area contributed by atoms with Gasteiger partial charge in [0.05, 0.1) is 23.6 Å². The molecule has 1 aromatic heterocycles. The molecule has 1 heterocycles. The number of aliphatic hydroxyl groups excluding tert-OH is 1. The van der Waals surface area contributed by atoms with Gasteiger partial charge in [-0.25, -0.2) is 17.9 Å². The zero-order valence-corrected chi connectivity index (χ0v) is 29.2. The van der Waals surface area contributed by atoms with Crippen LogP contribution in [-0.2, 0) is 35.7 Å². The van der Waals surface area contributed by atoms with Crippen LogP contribution in [0.5, 0.6) is 0 Å². The average molecular weight is 659 g/mol. The monoisotopic (exact) mass is 658 g/mol. The van der Waals surface area contributed by atoms with Crippen molar-refractivity contribution in [2.45, 2.75) is 106 Å². The molecule has 5 N–H and O–H groups in total. The number of aliphatic hydroxyl groups is 1. The molecule has 0 radical (unpaired) electrons. The number of ether oxygens (including phenoxy) is 1. The quantitative estimate of drug-likeness (QED) is 0.155. The van der Waals surface area contributed by atoms with E-state index in [-0.39, 0.29) is 36.8 Å². The van der Waals surface area contributed by atoms with Crippen molar-refractivity contribution in [3.05, 3.63) is 17.5 Å². The Morgan fingerprint density at radius 3 is 2.02 bits per heavy atom. The molecule has 1 aromatic rings. The summed E-state index contributed by atoms with van der Waals surface area (Å²) < 4.78 is 30.8. The summed E-state index contributed by atoms with van der Waals surface area (Å²) in [6.07, 6.45) is -1.01. The lowest BCUT2D eigenvalue weighted by molar-refractivity contribution is -0.132. The van der Waals surface area contributed by atoms with Gasteiger partial charge in [-0.1, -0.05) is 48.5 Å². The van der Waals surface area contributed by atoms with Gasteiger partial charge in [-0.05, 0) is 50.5 Å². The summed E-state index contributed by atoms with van der Waals surface area (Å²) >= 11 is 0. The van der Waals surface area contributed by atoms with E-state index in [2.05, 4.69) is 26.4 Å². The molecule has 0 saturated heterocycles. The lowest BCUT2D eigenvalue weighted by Gasteiger charge is -2.30. The minimum absolute atomic E-state index is 0.0103. The Labute approximate surface area is 267 Å². The van der Waals surface area contributed by atoms with Crippen molar-refractivity contribution >= 4 is 33.7 Å². The topological polar surface area (TPSA) is 198 Å². The summed E-state index contributed by atoms with van der Waals surface area (Å²) in [6, 6.07) is -1.34. The summed E-state index contributed by atoms with van der Waals surface area (Å²) in [7, 11) is -3.73. The first-order chi connectivity index (χ1) is 20.7. The fourth-order valence-electron chi connectivity index (χ4n) is 4.58. The molecule has 0 bridgehead atoms. The number of amides is 4. The third-order valence-electron chi connectivity index (χ3n) is 6.99. The van der Waals surface area contributed by atoms with E-state index in [4.69, 9.17) is 4.74 Å². The SMILES string of the molecule is Cc1cc(C)n(COC(=O)N[C@@H](CS(C)(=O)=O)C(=O)N[C@H](CC(C)C)C(O)C[C@@H](C)C(=O)N[C@@H](C(=O)NCC(C)C)C(C)C)n1. The molecule has 0 aliphatic carbocycles. The maximum Gasteiger partial charge on any atom is 0.409 e. The summed E-state index contributed by atoms with van der Waals surface area (Å²) in [5.74, 6) is -2.89. The van der Waals surface area contributed by atoms with E-state index in [0.717, 1.165) is 17.6 Å². The van der Waals surface area contributed by atoms with Crippen molar-refractivity contribution in [2.75, 3.05) is 18.6 Å². The van der Waals surface area contributed by atoms with E-state index in [1.54, 1.807) is 26.8 Å². The van der Waals surface area contributed by atoms with Gasteiger partial charge in [-0.3, -0.25) is 14.4 Å². The second-order valence-electron chi connectivity index (χ2n) is 13.1. The van der Waals surface area contributed by atoms with Crippen molar-refractivity contribution < 1.29 is 37.4 Å². The van der Waals surface area contributed by atoms with Gasteiger partial charge >= 0.3 is 6.09 Å². The van der Waals surface area contributed by atoms with E-state index < -0.39 is 63.6 Å². The molecule has 14 nitrogen and oxygen atoms in total. The second kappa shape index (κ2) is 18.1. The van der Waals surface area contributed by atoms with Crippen LogP contribution in [0, 0.1) is 37.5 Å². The first-order valence-corrected chi connectivity index (χ1v) is 17.4. The number of carbonyl (C=O) groups excluding carboxylic acids is 4. The van der Waals surface area contributed by atoms with Gasteiger partial charge in [0.1, 0.15) is 21.9 Å². The van der Waals surface area contributed by atoms with Crippen LogP contribution in [0.3, 0.4) is 0 Å². The van der Waals surface area contributed by atoms with Crippen LogP contribution < -0.4 is 21.3 Å². The van der Waals surface area contributed by atoms with Crippen LogP contribution in [0.2, 0.25) is 0 Å². The fourth-order valence-corrected chi connectivity index (χ4v) is 5.42. The lowest BCUT2D eigenvalue weighted by atomic mass is 9.91. The van der Waals surface area contributed by atoms with E-state index in [1.165, 1.54) is 4.68 Å². The molecule has 0 aliphatic rings. The molecular weight excluding hydrogens is 604 g/mol. The van der Waals surface area contributed by atoms with Gasteiger partial charge in [-0.2, -0.15) is 5.10 Å². The molecule has 0 aliphatic heterocycles. The van der Waals surface area contributed by atoms with Gasteiger partial charge in [0, 0.05) is 24.4 Å². The summed E-state index contributed by atoms with van der Waals surface area (Å²) in [5.41, 5.74) is 1.47. The zero-order chi connectivity index (χ0) is 34.6. The van der Waals surface area contributed by atoms with Crippen LogP contribution in [0.15, 0.2) is 6.07 Å².